The molecule has 4 heterocycles. The van der Waals surface area contributed by atoms with Crippen molar-refractivity contribution in [2.75, 3.05) is 0 Å². The van der Waals surface area contributed by atoms with Crippen molar-refractivity contribution in [3.8, 4) is 22.3 Å². The first kappa shape index (κ1) is 17.8. The molecule has 4 nitrogen and oxygen atoms in total. The van der Waals surface area contributed by atoms with Crippen molar-refractivity contribution < 1.29 is 0 Å². The molecule has 0 spiro atoms. The van der Waals surface area contributed by atoms with Crippen molar-refractivity contribution in [3.63, 3.8) is 0 Å². The number of nitrogens with zero attached hydrogens (tertiary/aromatic N) is 4. The van der Waals surface area contributed by atoms with Crippen LogP contribution in [-0.2, 0) is 12.8 Å². The summed E-state index contributed by atoms with van der Waals surface area (Å²) in [6, 6.07) is 22.6. The standard InChI is InChI=1S/C31H18N4/c1-2-4-21-17(3-1)9-18-12-24-19(11-23(18)21)10-20-13-27-26(14-25(20)24)22-5-7-32-15-29(22)35-30-16-33-8-6-28(30)34-31(27)35/h1-8,11-16H,9-10H2. The Hall–Kier alpha value is -4.57. The fourth-order valence-electron chi connectivity index (χ4n) is 6.42. The summed E-state index contributed by atoms with van der Waals surface area (Å²) >= 11 is 0. The summed E-state index contributed by atoms with van der Waals surface area (Å²) < 4.78 is 2.22. The van der Waals surface area contributed by atoms with Gasteiger partial charge < -0.3 is 0 Å². The van der Waals surface area contributed by atoms with E-state index in [-0.39, 0.29) is 0 Å². The van der Waals surface area contributed by atoms with Crippen LogP contribution >= 0.6 is 0 Å². The monoisotopic (exact) mass is 446 g/mol. The maximum absolute atomic E-state index is 5.04. The van der Waals surface area contributed by atoms with E-state index in [1.165, 1.54) is 60.7 Å². The SMILES string of the molecule is c1ccc2c(c1)Cc1cc3c(cc1-2)Cc1cc2c(cc1-3)c1ccncc1n1c3cnccc3nc21. The molecule has 0 amide bonds. The minimum absolute atomic E-state index is 0.955. The largest absolute Gasteiger partial charge is 0.289 e. The Bertz CT molecular complexity index is 2070. The predicted molar refractivity (Wildman–Crippen MR) is 140 cm³/mol. The van der Waals surface area contributed by atoms with Crippen molar-refractivity contribution in [1.82, 2.24) is 19.4 Å². The summed E-state index contributed by atoms with van der Waals surface area (Å²) in [6.07, 6.45) is 9.51. The van der Waals surface area contributed by atoms with Crippen LogP contribution in [-0.4, -0.2) is 19.4 Å². The van der Waals surface area contributed by atoms with Gasteiger partial charge in [-0.25, -0.2) is 4.98 Å². The Morgan fingerprint density at radius 3 is 2.20 bits per heavy atom. The molecule has 0 radical (unpaired) electrons. The fraction of sp³-hybridized carbons (Fsp3) is 0.0645. The highest BCUT2D eigenvalue weighted by molar-refractivity contribution is 6.15. The van der Waals surface area contributed by atoms with Gasteiger partial charge in [-0.05, 0) is 99.1 Å². The zero-order chi connectivity index (χ0) is 22.7. The normalized spacial score (nSPS) is 13.5. The molecule has 2 aliphatic carbocycles. The number of pyridine rings is 3. The number of benzene rings is 3. The highest BCUT2D eigenvalue weighted by Gasteiger charge is 2.26. The molecule has 0 aliphatic heterocycles. The van der Waals surface area contributed by atoms with Gasteiger partial charge in [-0.2, -0.15) is 0 Å². The first-order valence-corrected chi connectivity index (χ1v) is 12.0. The van der Waals surface area contributed by atoms with E-state index < -0.39 is 0 Å². The molecule has 0 unspecified atom stereocenters. The van der Waals surface area contributed by atoms with Gasteiger partial charge in [0.25, 0.3) is 0 Å². The summed E-state index contributed by atoms with van der Waals surface area (Å²) in [7, 11) is 0. The zero-order valence-corrected chi connectivity index (χ0v) is 18.8. The van der Waals surface area contributed by atoms with Gasteiger partial charge in [0.15, 0.2) is 0 Å². The predicted octanol–water partition coefficient (Wildman–Crippen LogP) is 6.73. The molecule has 0 atom stereocenters. The van der Waals surface area contributed by atoms with Crippen LogP contribution in [0.5, 0.6) is 0 Å². The van der Waals surface area contributed by atoms with Gasteiger partial charge >= 0.3 is 0 Å². The molecule has 7 aromatic rings. The number of imidazole rings is 1. The maximum atomic E-state index is 5.04. The van der Waals surface area contributed by atoms with Crippen LogP contribution in [0.25, 0.3) is 60.6 Å². The minimum Gasteiger partial charge on any atom is -0.289 e. The van der Waals surface area contributed by atoms with Crippen LogP contribution in [0.2, 0.25) is 0 Å². The number of aromatic nitrogens is 4. The van der Waals surface area contributed by atoms with Crippen molar-refractivity contribution in [3.05, 3.63) is 108 Å². The lowest BCUT2D eigenvalue weighted by Crippen LogP contribution is -1.94. The summed E-state index contributed by atoms with van der Waals surface area (Å²) in [4.78, 5) is 13.9. The van der Waals surface area contributed by atoms with Crippen LogP contribution in [0.3, 0.4) is 0 Å². The molecule has 9 rings (SSSR count). The van der Waals surface area contributed by atoms with Gasteiger partial charge in [0.2, 0.25) is 0 Å². The molecule has 162 valence electrons. The lowest BCUT2D eigenvalue weighted by atomic mass is 9.96. The van der Waals surface area contributed by atoms with Crippen LogP contribution in [0.15, 0.2) is 85.5 Å². The second kappa shape index (κ2) is 6.10. The lowest BCUT2D eigenvalue weighted by Gasteiger charge is -2.11. The Kier molecular flexibility index (Phi) is 3.11. The second-order valence-corrected chi connectivity index (χ2v) is 9.76. The molecule has 0 saturated heterocycles. The lowest BCUT2D eigenvalue weighted by molar-refractivity contribution is 1.24. The van der Waals surface area contributed by atoms with Gasteiger partial charge in [-0.3, -0.25) is 14.4 Å². The smallest absolute Gasteiger partial charge is 0.146 e. The molecule has 0 saturated carbocycles. The number of hydrogen-bond acceptors (Lipinski definition) is 3. The van der Waals surface area contributed by atoms with Crippen LogP contribution in [0, 0.1) is 0 Å². The van der Waals surface area contributed by atoms with E-state index >= 15 is 0 Å². The van der Waals surface area contributed by atoms with Crippen LogP contribution in [0.1, 0.15) is 22.3 Å². The maximum Gasteiger partial charge on any atom is 0.146 e. The van der Waals surface area contributed by atoms with Gasteiger partial charge in [0.1, 0.15) is 5.65 Å². The van der Waals surface area contributed by atoms with E-state index in [1.54, 1.807) is 0 Å². The van der Waals surface area contributed by atoms with Crippen molar-refractivity contribution in [2.24, 2.45) is 0 Å². The van der Waals surface area contributed by atoms with E-state index in [0.717, 1.165) is 35.0 Å². The van der Waals surface area contributed by atoms with E-state index in [0.29, 0.717) is 0 Å². The van der Waals surface area contributed by atoms with Gasteiger partial charge in [-0.1, -0.05) is 24.3 Å². The first-order valence-electron chi connectivity index (χ1n) is 12.0. The molecule has 3 aromatic carbocycles. The quantitative estimate of drug-likeness (QED) is 0.243. The summed E-state index contributed by atoms with van der Waals surface area (Å²) in [5, 5.41) is 3.60. The van der Waals surface area contributed by atoms with E-state index in [2.05, 4.69) is 69.0 Å². The molecule has 35 heavy (non-hydrogen) atoms. The number of hydrogen-bond donors (Lipinski definition) is 0. The van der Waals surface area contributed by atoms with Crippen molar-refractivity contribution in [1.29, 1.82) is 0 Å². The van der Waals surface area contributed by atoms with E-state index in [1.807, 2.05) is 30.9 Å². The highest BCUT2D eigenvalue weighted by Crippen LogP contribution is 2.46. The third-order valence-corrected chi connectivity index (χ3v) is 7.96. The van der Waals surface area contributed by atoms with Gasteiger partial charge in [0, 0.05) is 23.2 Å². The molecule has 4 aromatic heterocycles. The Balaban J connectivity index is 1.37. The molecular weight excluding hydrogens is 428 g/mol. The number of fused-ring (bicyclic) bond motifs is 14. The highest BCUT2D eigenvalue weighted by atomic mass is 15.0. The van der Waals surface area contributed by atoms with E-state index in [9.17, 15) is 0 Å². The van der Waals surface area contributed by atoms with Crippen molar-refractivity contribution >= 4 is 38.4 Å². The first-order chi connectivity index (χ1) is 17.3. The number of rotatable bonds is 0. The van der Waals surface area contributed by atoms with E-state index in [4.69, 9.17) is 4.98 Å². The Morgan fingerprint density at radius 1 is 0.571 bits per heavy atom. The van der Waals surface area contributed by atoms with Gasteiger partial charge in [-0.15, -0.1) is 0 Å². The topological polar surface area (TPSA) is 43.1 Å². The molecular formula is C31H18N4. The molecule has 0 bridgehead atoms. The van der Waals surface area contributed by atoms with Crippen molar-refractivity contribution in [2.45, 2.75) is 12.8 Å². The molecule has 0 fully saturated rings. The Morgan fingerprint density at radius 2 is 1.29 bits per heavy atom. The molecule has 4 heteroatoms. The summed E-state index contributed by atoms with van der Waals surface area (Å²) in [5.41, 5.74) is 15.2. The summed E-state index contributed by atoms with van der Waals surface area (Å²) in [6.45, 7) is 0. The average molecular weight is 447 g/mol. The molecule has 2 aliphatic rings. The third-order valence-electron chi connectivity index (χ3n) is 7.96. The third kappa shape index (κ3) is 2.20. The molecule has 0 N–H and O–H groups in total. The Labute approximate surface area is 200 Å². The zero-order valence-electron chi connectivity index (χ0n) is 18.8. The minimum atomic E-state index is 0.955. The van der Waals surface area contributed by atoms with Crippen LogP contribution < -0.4 is 0 Å². The van der Waals surface area contributed by atoms with Crippen LogP contribution in [0.4, 0.5) is 0 Å². The summed E-state index contributed by atoms with van der Waals surface area (Å²) in [5.74, 6) is 0. The second-order valence-electron chi connectivity index (χ2n) is 9.76. The fourth-order valence-corrected chi connectivity index (χ4v) is 6.42. The average Bonchev–Trinajstić information content (AvgIpc) is 3.57. The van der Waals surface area contributed by atoms with Gasteiger partial charge in [0.05, 0.1) is 28.9 Å².